The van der Waals surface area contributed by atoms with Crippen LogP contribution in [0.3, 0.4) is 0 Å². The maximum absolute atomic E-state index is 11.9. The molecule has 6 heteroatoms. The van der Waals surface area contributed by atoms with Crippen molar-refractivity contribution in [3.05, 3.63) is 58.7 Å². The second-order valence-corrected chi connectivity index (χ2v) is 6.00. The molecule has 0 aliphatic carbocycles. The minimum Gasteiger partial charge on any atom is -0.491 e. The van der Waals surface area contributed by atoms with Crippen LogP contribution in [0.4, 0.5) is 10.5 Å². The highest BCUT2D eigenvalue weighted by atomic mass is 16.5. The zero-order valence-electron chi connectivity index (χ0n) is 15.5. The highest BCUT2D eigenvalue weighted by Gasteiger charge is 2.07. The first-order chi connectivity index (χ1) is 12.4. The van der Waals surface area contributed by atoms with Crippen LogP contribution >= 0.6 is 0 Å². The van der Waals surface area contributed by atoms with Gasteiger partial charge in [-0.2, -0.15) is 0 Å². The van der Waals surface area contributed by atoms with E-state index in [0.29, 0.717) is 24.4 Å². The number of hydrogen-bond donors (Lipinski definition) is 2. The summed E-state index contributed by atoms with van der Waals surface area (Å²) in [6.45, 7) is 6.85. The van der Waals surface area contributed by atoms with E-state index in [0.717, 1.165) is 11.3 Å². The van der Waals surface area contributed by atoms with Gasteiger partial charge in [0.15, 0.2) is 0 Å². The van der Waals surface area contributed by atoms with Gasteiger partial charge in [-0.25, -0.2) is 9.59 Å². The summed E-state index contributed by atoms with van der Waals surface area (Å²) < 4.78 is 10.4. The summed E-state index contributed by atoms with van der Waals surface area (Å²) in [7, 11) is 1.32. The fourth-order valence-corrected chi connectivity index (χ4v) is 2.40. The van der Waals surface area contributed by atoms with E-state index in [2.05, 4.69) is 28.4 Å². The monoisotopic (exact) mass is 356 g/mol. The summed E-state index contributed by atoms with van der Waals surface area (Å²) in [5, 5.41) is 5.42. The lowest BCUT2D eigenvalue weighted by Crippen LogP contribution is -2.32. The lowest BCUT2D eigenvalue weighted by atomic mass is 10.1. The third-order valence-electron chi connectivity index (χ3n) is 4.00. The molecule has 0 heterocycles. The maximum atomic E-state index is 11.9. The summed E-state index contributed by atoms with van der Waals surface area (Å²) in [5.41, 5.74) is 4.48. The van der Waals surface area contributed by atoms with Gasteiger partial charge >= 0.3 is 12.0 Å². The van der Waals surface area contributed by atoms with Crippen LogP contribution in [0.15, 0.2) is 36.4 Å². The van der Waals surface area contributed by atoms with Crippen molar-refractivity contribution in [2.24, 2.45) is 0 Å². The van der Waals surface area contributed by atoms with Crippen LogP contribution < -0.4 is 15.4 Å². The smallest absolute Gasteiger partial charge is 0.337 e. The molecule has 6 nitrogen and oxygen atoms in total. The SMILES string of the molecule is COC(=O)c1ccc(NC(=O)NCCOc2cc(C)c(C)cc2C)cc1. The molecule has 0 saturated carbocycles. The van der Waals surface area contributed by atoms with Crippen LogP contribution in [-0.4, -0.2) is 32.3 Å². The molecule has 2 rings (SSSR count). The molecule has 0 fully saturated rings. The fraction of sp³-hybridized carbons (Fsp3) is 0.300. The summed E-state index contributed by atoms with van der Waals surface area (Å²) in [4.78, 5) is 23.3. The molecule has 2 amide bonds. The number of amides is 2. The van der Waals surface area contributed by atoms with Crippen LogP contribution in [0.1, 0.15) is 27.0 Å². The van der Waals surface area contributed by atoms with Crippen molar-refractivity contribution in [2.75, 3.05) is 25.6 Å². The molecule has 0 aromatic heterocycles. The Hall–Kier alpha value is -3.02. The summed E-state index contributed by atoms with van der Waals surface area (Å²) >= 11 is 0. The number of esters is 1. The number of carbonyl (C=O) groups excluding carboxylic acids is 2. The summed E-state index contributed by atoms with van der Waals surface area (Å²) in [6, 6.07) is 10.2. The van der Waals surface area contributed by atoms with Crippen LogP contribution in [0, 0.1) is 20.8 Å². The Labute approximate surface area is 153 Å². The Balaban J connectivity index is 1.77. The van der Waals surface area contributed by atoms with Crippen LogP contribution in [0.2, 0.25) is 0 Å². The van der Waals surface area contributed by atoms with Crippen molar-refractivity contribution in [2.45, 2.75) is 20.8 Å². The Morgan fingerprint density at radius 1 is 0.962 bits per heavy atom. The quantitative estimate of drug-likeness (QED) is 0.612. The highest BCUT2D eigenvalue weighted by molar-refractivity contribution is 5.92. The minimum absolute atomic E-state index is 0.337. The predicted octanol–water partition coefficient (Wildman–Crippen LogP) is 3.60. The van der Waals surface area contributed by atoms with Crippen LogP contribution in [0.5, 0.6) is 5.75 Å². The average molecular weight is 356 g/mol. The number of methoxy groups -OCH3 is 1. The molecule has 2 aromatic carbocycles. The third kappa shape index (κ3) is 5.24. The molecule has 0 atom stereocenters. The Morgan fingerprint density at radius 2 is 1.62 bits per heavy atom. The molecule has 2 aromatic rings. The van der Waals surface area contributed by atoms with E-state index in [1.54, 1.807) is 24.3 Å². The van der Waals surface area contributed by atoms with Crippen molar-refractivity contribution < 1.29 is 19.1 Å². The molecular formula is C20H24N2O4. The van der Waals surface area contributed by atoms with Gasteiger partial charge in [-0.15, -0.1) is 0 Å². The van der Waals surface area contributed by atoms with Crippen molar-refractivity contribution in [3.8, 4) is 5.75 Å². The maximum Gasteiger partial charge on any atom is 0.337 e. The van der Waals surface area contributed by atoms with Crippen molar-refractivity contribution in [3.63, 3.8) is 0 Å². The molecule has 0 spiro atoms. The van der Waals surface area contributed by atoms with Gasteiger partial charge in [0.2, 0.25) is 0 Å². The molecule has 0 saturated heterocycles. The first-order valence-electron chi connectivity index (χ1n) is 8.34. The highest BCUT2D eigenvalue weighted by Crippen LogP contribution is 2.22. The molecule has 0 aliphatic heterocycles. The lowest BCUT2D eigenvalue weighted by Gasteiger charge is -2.12. The van der Waals surface area contributed by atoms with Gasteiger partial charge < -0.3 is 20.1 Å². The first-order valence-corrected chi connectivity index (χ1v) is 8.34. The van der Waals surface area contributed by atoms with E-state index >= 15 is 0 Å². The Morgan fingerprint density at radius 3 is 2.27 bits per heavy atom. The van der Waals surface area contributed by atoms with Gasteiger partial charge in [0.05, 0.1) is 19.2 Å². The van der Waals surface area contributed by atoms with Gasteiger partial charge in [-0.3, -0.25) is 0 Å². The number of rotatable bonds is 6. The largest absolute Gasteiger partial charge is 0.491 e. The predicted molar refractivity (Wildman–Crippen MR) is 101 cm³/mol. The average Bonchev–Trinajstić information content (AvgIpc) is 2.62. The number of hydrogen-bond acceptors (Lipinski definition) is 4. The van der Waals surface area contributed by atoms with E-state index in [1.807, 2.05) is 19.9 Å². The molecule has 0 aliphatic rings. The van der Waals surface area contributed by atoms with Crippen LogP contribution in [0.25, 0.3) is 0 Å². The second-order valence-electron chi connectivity index (χ2n) is 6.00. The Bertz CT molecular complexity index is 785. The molecule has 0 unspecified atom stereocenters. The fourth-order valence-electron chi connectivity index (χ4n) is 2.40. The zero-order chi connectivity index (χ0) is 19.1. The van der Waals surface area contributed by atoms with Gasteiger partial charge in [0.25, 0.3) is 0 Å². The van der Waals surface area contributed by atoms with Gasteiger partial charge in [0, 0.05) is 5.69 Å². The van der Waals surface area contributed by atoms with Gasteiger partial charge in [-0.05, 0) is 67.8 Å². The molecule has 138 valence electrons. The van der Waals surface area contributed by atoms with Crippen molar-refractivity contribution in [1.82, 2.24) is 5.32 Å². The van der Waals surface area contributed by atoms with Crippen molar-refractivity contribution >= 4 is 17.7 Å². The van der Waals surface area contributed by atoms with Crippen molar-refractivity contribution in [1.29, 1.82) is 0 Å². The number of carbonyl (C=O) groups is 2. The molecule has 26 heavy (non-hydrogen) atoms. The zero-order valence-corrected chi connectivity index (χ0v) is 15.5. The lowest BCUT2D eigenvalue weighted by molar-refractivity contribution is 0.0600. The third-order valence-corrected chi connectivity index (χ3v) is 4.00. The van der Waals surface area contributed by atoms with Gasteiger partial charge in [-0.1, -0.05) is 6.07 Å². The van der Waals surface area contributed by atoms with E-state index in [1.165, 1.54) is 18.2 Å². The topological polar surface area (TPSA) is 76.7 Å². The first kappa shape index (κ1) is 19.3. The number of aryl methyl sites for hydroxylation is 3. The minimum atomic E-state index is -0.417. The summed E-state index contributed by atoms with van der Waals surface area (Å²) in [5.74, 6) is 0.411. The number of ether oxygens (including phenoxy) is 2. The van der Waals surface area contributed by atoms with Gasteiger partial charge in [0.1, 0.15) is 12.4 Å². The normalized spacial score (nSPS) is 10.2. The molecule has 2 N–H and O–H groups in total. The molecular weight excluding hydrogens is 332 g/mol. The van der Waals surface area contributed by atoms with E-state index in [9.17, 15) is 9.59 Å². The standard InChI is InChI=1S/C20H24N2O4/c1-13-11-15(3)18(12-14(13)2)26-10-9-21-20(24)22-17-7-5-16(6-8-17)19(23)25-4/h5-8,11-12H,9-10H2,1-4H3,(H2,21,22,24). The van der Waals surface area contributed by atoms with E-state index in [4.69, 9.17) is 4.74 Å². The van der Waals surface area contributed by atoms with E-state index in [-0.39, 0.29) is 6.03 Å². The number of urea groups is 1. The molecule has 0 radical (unpaired) electrons. The number of nitrogens with one attached hydrogen (secondary N) is 2. The molecule has 0 bridgehead atoms. The van der Waals surface area contributed by atoms with E-state index < -0.39 is 5.97 Å². The second kappa shape index (κ2) is 8.89. The summed E-state index contributed by atoms with van der Waals surface area (Å²) in [6.07, 6.45) is 0. The Kier molecular flexibility index (Phi) is 6.60. The number of benzene rings is 2. The van der Waals surface area contributed by atoms with Crippen LogP contribution in [-0.2, 0) is 4.74 Å². The number of anilines is 1.